The third-order valence-corrected chi connectivity index (χ3v) is 5.53. The summed E-state index contributed by atoms with van der Waals surface area (Å²) in [6.07, 6.45) is 0. The number of nitrogens with zero attached hydrogens (tertiary/aromatic N) is 2. The molecule has 0 radical (unpaired) electrons. The largest absolute Gasteiger partial charge is 0.338 e. The quantitative estimate of drug-likeness (QED) is 0.653. The summed E-state index contributed by atoms with van der Waals surface area (Å²) in [5.41, 5.74) is 1.14. The number of aromatic nitrogens is 2. The normalized spacial score (nSPS) is 12.2. The molecule has 0 aliphatic carbocycles. The molecule has 0 spiro atoms. The van der Waals surface area contributed by atoms with Gasteiger partial charge in [0.25, 0.3) is 0 Å². The van der Waals surface area contributed by atoms with Crippen LogP contribution < -0.4 is 10.6 Å². The van der Waals surface area contributed by atoms with Crippen LogP contribution in [0.25, 0.3) is 10.2 Å². The van der Waals surface area contributed by atoms with E-state index in [9.17, 15) is 9.59 Å². The monoisotopic (exact) mass is 352 g/mol. The van der Waals surface area contributed by atoms with E-state index in [2.05, 4.69) is 27.5 Å². The molecule has 2 rings (SSSR count). The second-order valence-electron chi connectivity index (χ2n) is 5.15. The molecule has 8 heteroatoms. The summed E-state index contributed by atoms with van der Waals surface area (Å²) < 4.78 is 0. The summed E-state index contributed by atoms with van der Waals surface area (Å²) in [7, 11) is 0. The average molecular weight is 352 g/mol. The van der Waals surface area contributed by atoms with E-state index in [1.807, 2.05) is 13.8 Å². The van der Waals surface area contributed by atoms with E-state index < -0.39 is 11.3 Å². The van der Waals surface area contributed by atoms with Crippen molar-refractivity contribution in [2.45, 2.75) is 44.9 Å². The molecule has 0 bridgehead atoms. The van der Waals surface area contributed by atoms with Crippen molar-refractivity contribution in [2.24, 2.45) is 0 Å². The number of nitrogens with one attached hydrogen (secondary N) is 2. The van der Waals surface area contributed by atoms with Crippen molar-refractivity contribution in [3.8, 4) is 0 Å². The summed E-state index contributed by atoms with van der Waals surface area (Å²) in [6.45, 7) is 9.96. The van der Waals surface area contributed by atoms with E-state index in [4.69, 9.17) is 0 Å². The van der Waals surface area contributed by atoms with Crippen molar-refractivity contribution in [1.29, 1.82) is 0 Å². The topological polar surface area (TPSA) is 84.0 Å². The minimum absolute atomic E-state index is 0.338. The van der Waals surface area contributed by atoms with Crippen LogP contribution in [0.15, 0.2) is 5.03 Å². The number of hydrogen-bond donors (Lipinski definition) is 2. The molecular formula is C15H20N4O2S2. The Bertz CT molecular complexity index is 758. The molecule has 0 aromatic carbocycles. The summed E-state index contributed by atoms with van der Waals surface area (Å²) in [6, 6.07) is -0.475. The third-order valence-electron chi connectivity index (χ3n) is 3.34. The van der Waals surface area contributed by atoms with E-state index in [1.54, 1.807) is 25.2 Å². The highest BCUT2D eigenvalue weighted by Crippen LogP contribution is 2.36. The molecule has 0 saturated carbocycles. The number of thiophene rings is 1. The lowest BCUT2D eigenvalue weighted by Gasteiger charge is -2.12. The number of thioether (sulfide) groups is 1. The van der Waals surface area contributed by atoms with E-state index in [-0.39, 0.29) is 5.91 Å². The van der Waals surface area contributed by atoms with Gasteiger partial charge in [0.15, 0.2) is 0 Å². The zero-order valence-electron chi connectivity index (χ0n) is 13.8. The molecule has 2 aromatic heterocycles. The van der Waals surface area contributed by atoms with Gasteiger partial charge in [0.1, 0.15) is 15.7 Å². The van der Waals surface area contributed by atoms with Crippen LogP contribution in [-0.2, 0) is 4.79 Å². The van der Waals surface area contributed by atoms with E-state index in [1.165, 1.54) is 16.6 Å². The third kappa shape index (κ3) is 4.00. The highest BCUT2D eigenvalue weighted by atomic mass is 32.2. The summed E-state index contributed by atoms with van der Waals surface area (Å²) in [5, 5.41) is 6.23. The molecule has 0 saturated heterocycles. The van der Waals surface area contributed by atoms with E-state index in [0.29, 0.717) is 12.4 Å². The fraction of sp³-hybridized carbons (Fsp3) is 0.467. The van der Waals surface area contributed by atoms with Crippen LogP contribution in [0, 0.1) is 20.8 Å². The highest BCUT2D eigenvalue weighted by Gasteiger charge is 2.21. The van der Waals surface area contributed by atoms with Gasteiger partial charge in [0.05, 0.1) is 5.25 Å². The van der Waals surface area contributed by atoms with Crippen molar-refractivity contribution in [1.82, 2.24) is 20.6 Å². The lowest BCUT2D eigenvalue weighted by molar-refractivity contribution is -0.119. The van der Waals surface area contributed by atoms with Crippen molar-refractivity contribution in [2.75, 3.05) is 6.54 Å². The maximum absolute atomic E-state index is 12.1. The zero-order chi connectivity index (χ0) is 17.1. The predicted molar refractivity (Wildman–Crippen MR) is 94.2 cm³/mol. The standard InChI is InChI=1S/C15H20N4O2S2/c1-6-16-15(21)19-12(20)9(4)23-14-11-7(2)8(3)22-13(11)17-10(5)18-14/h9H,6H2,1-5H3,(H2,16,19,20,21). The van der Waals surface area contributed by atoms with E-state index in [0.717, 1.165) is 20.8 Å². The van der Waals surface area contributed by atoms with Gasteiger partial charge in [0.2, 0.25) is 5.91 Å². The number of aryl methyl sites for hydroxylation is 3. The first-order chi connectivity index (χ1) is 10.8. The first-order valence-electron chi connectivity index (χ1n) is 7.33. The number of carbonyl (C=O) groups excluding carboxylic acids is 2. The van der Waals surface area contributed by atoms with Crippen LogP contribution in [-0.4, -0.2) is 33.7 Å². The summed E-state index contributed by atoms with van der Waals surface area (Å²) >= 11 is 2.98. The van der Waals surface area contributed by atoms with Gasteiger partial charge in [-0.2, -0.15) is 0 Å². The molecule has 2 heterocycles. The minimum atomic E-state index is -0.475. The Hall–Kier alpha value is -1.67. The first kappa shape index (κ1) is 17.7. The van der Waals surface area contributed by atoms with Crippen molar-refractivity contribution < 1.29 is 9.59 Å². The lowest BCUT2D eigenvalue weighted by atomic mass is 10.2. The number of fused-ring (bicyclic) bond motifs is 1. The minimum Gasteiger partial charge on any atom is -0.338 e. The van der Waals surface area contributed by atoms with Gasteiger partial charge < -0.3 is 5.32 Å². The molecule has 0 fully saturated rings. The van der Waals surface area contributed by atoms with Gasteiger partial charge in [-0.25, -0.2) is 14.8 Å². The maximum atomic E-state index is 12.1. The Morgan fingerprint density at radius 2 is 1.96 bits per heavy atom. The molecule has 3 amide bonds. The Morgan fingerprint density at radius 3 is 2.61 bits per heavy atom. The Morgan fingerprint density at radius 1 is 1.26 bits per heavy atom. The number of amides is 3. The van der Waals surface area contributed by atoms with Crippen molar-refractivity contribution in [3.05, 3.63) is 16.3 Å². The smallest absolute Gasteiger partial charge is 0.321 e. The van der Waals surface area contributed by atoms with Crippen LogP contribution in [0.4, 0.5) is 4.79 Å². The molecule has 23 heavy (non-hydrogen) atoms. The van der Waals surface area contributed by atoms with Gasteiger partial charge in [0, 0.05) is 16.8 Å². The SMILES string of the molecule is CCNC(=O)NC(=O)C(C)Sc1nc(C)nc2sc(C)c(C)c12. The fourth-order valence-electron chi connectivity index (χ4n) is 2.04. The molecule has 0 aliphatic rings. The number of hydrogen-bond acceptors (Lipinski definition) is 6. The molecular weight excluding hydrogens is 332 g/mol. The fourth-order valence-corrected chi connectivity index (χ4v) is 4.23. The van der Waals surface area contributed by atoms with Gasteiger partial charge in [-0.3, -0.25) is 10.1 Å². The molecule has 124 valence electrons. The van der Waals surface area contributed by atoms with Crippen molar-refractivity contribution in [3.63, 3.8) is 0 Å². The van der Waals surface area contributed by atoms with Gasteiger partial charge in [-0.15, -0.1) is 11.3 Å². The van der Waals surface area contributed by atoms with Crippen LogP contribution in [0.1, 0.15) is 30.1 Å². The second-order valence-corrected chi connectivity index (χ2v) is 7.68. The predicted octanol–water partition coefficient (Wildman–Crippen LogP) is 2.94. The number of rotatable bonds is 4. The van der Waals surface area contributed by atoms with Crippen LogP contribution in [0.3, 0.4) is 0 Å². The summed E-state index contributed by atoms with van der Waals surface area (Å²) in [4.78, 5) is 34.7. The van der Waals surface area contributed by atoms with E-state index >= 15 is 0 Å². The Balaban J connectivity index is 2.24. The van der Waals surface area contributed by atoms with Gasteiger partial charge >= 0.3 is 6.03 Å². The molecule has 1 atom stereocenters. The lowest BCUT2D eigenvalue weighted by Crippen LogP contribution is -2.42. The van der Waals surface area contributed by atoms with Gasteiger partial charge in [-0.1, -0.05) is 11.8 Å². The Kier molecular flexibility index (Phi) is 5.59. The van der Waals surface area contributed by atoms with Crippen molar-refractivity contribution >= 4 is 45.3 Å². The summed E-state index contributed by atoms with van der Waals surface area (Å²) in [5.74, 6) is 0.340. The average Bonchev–Trinajstić information content (AvgIpc) is 2.73. The molecule has 0 aliphatic heterocycles. The molecule has 2 aromatic rings. The van der Waals surface area contributed by atoms with Crippen LogP contribution in [0.2, 0.25) is 0 Å². The first-order valence-corrected chi connectivity index (χ1v) is 9.02. The van der Waals surface area contributed by atoms with Crippen LogP contribution >= 0.6 is 23.1 Å². The Labute approximate surface area is 143 Å². The molecule has 2 N–H and O–H groups in total. The molecule has 6 nitrogen and oxygen atoms in total. The highest BCUT2D eigenvalue weighted by molar-refractivity contribution is 8.00. The molecule has 1 unspecified atom stereocenters. The number of urea groups is 1. The van der Waals surface area contributed by atoms with Crippen LogP contribution in [0.5, 0.6) is 0 Å². The maximum Gasteiger partial charge on any atom is 0.321 e. The van der Waals surface area contributed by atoms with Gasteiger partial charge in [-0.05, 0) is 40.2 Å². The zero-order valence-corrected chi connectivity index (χ0v) is 15.4. The number of imide groups is 1. The second kappa shape index (κ2) is 7.27. The number of carbonyl (C=O) groups is 2.